The van der Waals surface area contributed by atoms with Crippen LogP contribution in [0.25, 0.3) is 0 Å². The van der Waals surface area contributed by atoms with Gasteiger partial charge in [-0.05, 0) is 33.3 Å². The quantitative estimate of drug-likeness (QED) is 0.420. The van der Waals surface area contributed by atoms with Gasteiger partial charge in [-0.25, -0.2) is 9.52 Å². The largest absolute Gasteiger partial charge is 0.463 e. The fourth-order valence-corrected chi connectivity index (χ4v) is 1.49. The molecule has 0 saturated heterocycles. The Labute approximate surface area is 113 Å². The maximum Gasteiger partial charge on any atom is 0.328 e. The summed E-state index contributed by atoms with van der Waals surface area (Å²) in [5.41, 5.74) is 0.362. The van der Waals surface area contributed by atoms with E-state index in [1.807, 2.05) is 0 Å². The first kappa shape index (κ1) is 17.0. The van der Waals surface area contributed by atoms with Crippen molar-refractivity contribution >= 4 is 24.8 Å². The smallest absolute Gasteiger partial charge is 0.328 e. The summed E-state index contributed by atoms with van der Waals surface area (Å²) in [5, 5.41) is 0. The first-order valence-corrected chi connectivity index (χ1v) is 6.19. The third kappa shape index (κ3) is 6.66. The zero-order chi connectivity index (χ0) is 14.3. The molecular formula is C12H21NO4S. The standard InChI is InChI=1S/C12H21NO4S/c1-7(2)16-10(14)6-9(5)11(13-18)12(15)17-8(3)4/h7-8,11,13,18H,5-6H2,1-4H3/t11-/m0/s1. The van der Waals surface area contributed by atoms with E-state index in [2.05, 4.69) is 24.1 Å². The highest BCUT2D eigenvalue weighted by Crippen LogP contribution is 2.11. The molecule has 1 atom stereocenters. The van der Waals surface area contributed by atoms with Gasteiger partial charge in [0.15, 0.2) is 0 Å². The van der Waals surface area contributed by atoms with Crippen molar-refractivity contribution in [1.82, 2.24) is 4.72 Å². The molecule has 0 amide bonds. The second-order valence-electron chi connectivity index (χ2n) is 4.42. The van der Waals surface area contributed by atoms with E-state index >= 15 is 0 Å². The van der Waals surface area contributed by atoms with Gasteiger partial charge in [-0.15, -0.1) is 0 Å². The van der Waals surface area contributed by atoms with Crippen LogP contribution in [0.4, 0.5) is 0 Å². The molecule has 6 heteroatoms. The van der Waals surface area contributed by atoms with E-state index in [1.54, 1.807) is 27.7 Å². The Hall–Kier alpha value is -1.01. The van der Waals surface area contributed by atoms with E-state index in [0.717, 1.165) is 0 Å². The molecule has 5 nitrogen and oxygen atoms in total. The first-order valence-electron chi connectivity index (χ1n) is 5.75. The van der Waals surface area contributed by atoms with E-state index in [1.165, 1.54) is 0 Å². The van der Waals surface area contributed by atoms with Crippen molar-refractivity contribution in [3.8, 4) is 0 Å². The Bertz CT molecular complexity index is 315. The van der Waals surface area contributed by atoms with E-state index in [4.69, 9.17) is 9.47 Å². The molecule has 0 radical (unpaired) electrons. The maximum absolute atomic E-state index is 11.7. The summed E-state index contributed by atoms with van der Waals surface area (Å²) >= 11 is 3.85. The second-order valence-corrected chi connectivity index (χ2v) is 4.68. The molecule has 0 aliphatic carbocycles. The van der Waals surface area contributed by atoms with Crippen LogP contribution in [-0.2, 0) is 19.1 Å². The molecule has 0 fully saturated rings. The number of rotatable bonds is 7. The topological polar surface area (TPSA) is 64.6 Å². The summed E-state index contributed by atoms with van der Waals surface area (Å²) in [6, 6.07) is -0.824. The molecule has 0 aliphatic rings. The molecule has 0 spiro atoms. The monoisotopic (exact) mass is 275 g/mol. The summed E-state index contributed by atoms with van der Waals surface area (Å²) in [6.45, 7) is 10.7. The number of ether oxygens (including phenoxy) is 2. The number of thiol groups is 1. The van der Waals surface area contributed by atoms with E-state index in [-0.39, 0.29) is 18.6 Å². The van der Waals surface area contributed by atoms with Gasteiger partial charge in [-0.2, -0.15) is 0 Å². The molecule has 0 bridgehead atoms. The molecule has 0 heterocycles. The molecule has 104 valence electrons. The van der Waals surface area contributed by atoms with Crippen LogP contribution in [0.15, 0.2) is 12.2 Å². The predicted octanol–water partition coefficient (Wildman–Crippen LogP) is 1.64. The number of esters is 2. The van der Waals surface area contributed by atoms with Crippen LogP contribution in [-0.4, -0.2) is 30.2 Å². The van der Waals surface area contributed by atoms with E-state index in [0.29, 0.717) is 5.57 Å². The molecule has 0 aromatic rings. The average Bonchev–Trinajstić information content (AvgIpc) is 2.14. The average molecular weight is 275 g/mol. The molecule has 0 rings (SSSR count). The van der Waals surface area contributed by atoms with E-state index < -0.39 is 18.0 Å². The summed E-state index contributed by atoms with van der Waals surface area (Å²) in [5.74, 6) is -0.941. The van der Waals surface area contributed by atoms with E-state index in [9.17, 15) is 9.59 Å². The SMILES string of the molecule is C=C(CC(=O)OC(C)C)[C@H](NS)C(=O)OC(C)C. The number of hydrogen-bond acceptors (Lipinski definition) is 6. The number of carbonyl (C=O) groups excluding carboxylic acids is 2. The lowest BCUT2D eigenvalue weighted by molar-refractivity contribution is -0.148. The Balaban J connectivity index is 4.43. The van der Waals surface area contributed by atoms with Crippen molar-refractivity contribution in [2.24, 2.45) is 0 Å². The fraction of sp³-hybridized carbons (Fsp3) is 0.667. The van der Waals surface area contributed by atoms with Gasteiger partial charge in [-0.3, -0.25) is 4.79 Å². The highest BCUT2D eigenvalue weighted by Gasteiger charge is 2.24. The minimum absolute atomic E-state index is 0.0520. The second kappa shape index (κ2) is 8.16. The van der Waals surface area contributed by atoms with Crippen LogP contribution in [0.2, 0.25) is 0 Å². The molecule has 0 aromatic heterocycles. The van der Waals surface area contributed by atoms with Gasteiger partial charge < -0.3 is 9.47 Å². The van der Waals surface area contributed by atoms with Crippen molar-refractivity contribution in [2.45, 2.75) is 52.4 Å². The highest BCUT2D eigenvalue weighted by molar-refractivity contribution is 7.78. The molecular weight excluding hydrogens is 254 g/mol. The van der Waals surface area contributed by atoms with Crippen LogP contribution >= 0.6 is 12.8 Å². The van der Waals surface area contributed by atoms with Crippen molar-refractivity contribution in [3.05, 3.63) is 12.2 Å². The number of carbonyl (C=O) groups is 2. The lowest BCUT2D eigenvalue weighted by Crippen LogP contribution is -2.36. The van der Waals surface area contributed by atoms with Crippen LogP contribution < -0.4 is 4.72 Å². The summed E-state index contributed by atoms with van der Waals surface area (Å²) < 4.78 is 12.5. The van der Waals surface area contributed by atoms with Gasteiger partial charge in [0.25, 0.3) is 0 Å². The van der Waals surface area contributed by atoms with Crippen molar-refractivity contribution in [2.75, 3.05) is 0 Å². The lowest BCUT2D eigenvalue weighted by atomic mass is 10.1. The lowest BCUT2D eigenvalue weighted by Gasteiger charge is -2.18. The van der Waals surface area contributed by atoms with Gasteiger partial charge >= 0.3 is 11.9 Å². The molecule has 0 aromatic carbocycles. The molecule has 1 N–H and O–H groups in total. The maximum atomic E-state index is 11.7. The van der Waals surface area contributed by atoms with Gasteiger partial charge in [-0.1, -0.05) is 19.4 Å². The van der Waals surface area contributed by atoms with Crippen molar-refractivity contribution in [1.29, 1.82) is 0 Å². The minimum Gasteiger partial charge on any atom is -0.463 e. The third-order valence-corrected chi connectivity index (χ3v) is 2.12. The minimum atomic E-state index is -0.824. The first-order chi connectivity index (χ1) is 8.27. The molecule has 0 unspecified atom stereocenters. The van der Waals surface area contributed by atoms with Gasteiger partial charge in [0.2, 0.25) is 0 Å². The fourth-order valence-electron chi connectivity index (χ4n) is 1.20. The van der Waals surface area contributed by atoms with Crippen LogP contribution in [0.1, 0.15) is 34.1 Å². The van der Waals surface area contributed by atoms with Crippen LogP contribution in [0.5, 0.6) is 0 Å². The van der Waals surface area contributed by atoms with Gasteiger partial charge in [0.1, 0.15) is 6.04 Å². The van der Waals surface area contributed by atoms with Crippen LogP contribution in [0, 0.1) is 0 Å². The third-order valence-electron chi connectivity index (χ3n) is 1.86. The summed E-state index contributed by atoms with van der Waals surface area (Å²) in [4.78, 5) is 23.1. The Morgan fingerprint density at radius 3 is 2.06 bits per heavy atom. The Morgan fingerprint density at radius 2 is 1.67 bits per heavy atom. The van der Waals surface area contributed by atoms with Crippen molar-refractivity contribution in [3.63, 3.8) is 0 Å². The zero-order valence-electron chi connectivity index (χ0n) is 11.2. The molecule has 0 saturated carbocycles. The van der Waals surface area contributed by atoms with Gasteiger partial charge in [0.05, 0.1) is 18.6 Å². The normalized spacial score (nSPS) is 12.4. The molecule has 0 aliphatic heterocycles. The van der Waals surface area contributed by atoms with Crippen molar-refractivity contribution < 1.29 is 19.1 Å². The zero-order valence-corrected chi connectivity index (χ0v) is 12.1. The van der Waals surface area contributed by atoms with Crippen LogP contribution in [0.3, 0.4) is 0 Å². The highest BCUT2D eigenvalue weighted by atomic mass is 32.1. The predicted molar refractivity (Wildman–Crippen MR) is 72.1 cm³/mol. The van der Waals surface area contributed by atoms with Gasteiger partial charge in [0, 0.05) is 0 Å². The number of hydrogen-bond donors (Lipinski definition) is 2. The summed E-state index contributed by atoms with van der Waals surface area (Å²) in [6.07, 6.45) is -0.490. The molecule has 18 heavy (non-hydrogen) atoms. The summed E-state index contributed by atoms with van der Waals surface area (Å²) in [7, 11) is 0. The Morgan fingerprint density at radius 1 is 1.17 bits per heavy atom. The number of nitrogens with one attached hydrogen (secondary N) is 1. The Kier molecular flexibility index (Phi) is 7.70.